The molecule has 18 rings (SSSR count). The van der Waals surface area contributed by atoms with E-state index in [1.54, 1.807) is 0 Å². The molecule has 0 fully saturated rings. The van der Waals surface area contributed by atoms with Crippen molar-refractivity contribution >= 4 is 139 Å². The zero-order valence-corrected chi connectivity index (χ0v) is 38.1. The Morgan fingerprint density at radius 3 is 0.507 bits per heavy atom. The van der Waals surface area contributed by atoms with E-state index in [0.717, 1.165) is 0 Å². The predicted octanol–water partition coefficient (Wildman–Crippen LogP) is 16.6. The summed E-state index contributed by atoms with van der Waals surface area (Å²) in [5.41, 5.74) is 10.2. The zero-order valence-electron chi connectivity index (χ0n) is 37.1. The summed E-state index contributed by atoms with van der Waals surface area (Å²) in [4.78, 5) is 0. The van der Waals surface area contributed by atoms with Crippen molar-refractivity contribution in [3.63, 3.8) is 0 Å². The first-order valence-electron chi connectivity index (χ1n) is 24.1. The van der Waals surface area contributed by atoms with E-state index in [1.807, 2.05) is 0 Å². The van der Waals surface area contributed by atoms with Crippen LogP contribution in [0.5, 0.6) is 0 Å². The summed E-state index contributed by atoms with van der Waals surface area (Å²) in [6.07, 6.45) is 0. The van der Waals surface area contributed by atoms with Gasteiger partial charge in [-0.3, -0.25) is 0 Å². The molecule has 4 nitrogen and oxygen atoms in total. The Hall–Kier alpha value is -8.90. The van der Waals surface area contributed by atoms with Gasteiger partial charge in [0.05, 0.1) is 44.8 Å². The molecule has 0 saturated heterocycles. The molecular weight excluding hydrogens is 853 g/mol. The van der Waals surface area contributed by atoms with Gasteiger partial charge in [0.1, 0.15) is 0 Å². The Kier molecular flexibility index (Phi) is 6.12. The van der Waals surface area contributed by atoms with E-state index in [9.17, 15) is 0 Å². The Bertz CT molecular complexity index is 4450. The van der Waals surface area contributed by atoms with Crippen molar-refractivity contribution in [2.75, 3.05) is 0 Å². The van der Waals surface area contributed by atoms with Crippen LogP contribution in [0.25, 0.3) is 153 Å². The fourth-order valence-corrected chi connectivity index (χ4v) is 19.4. The molecule has 12 aromatic carbocycles. The molecule has 5 heteroatoms. The van der Waals surface area contributed by atoms with Crippen LogP contribution in [-0.4, -0.2) is 25.7 Å². The second-order valence-corrected chi connectivity index (χ2v) is 22.5. The minimum absolute atomic E-state index is 1.26. The van der Waals surface area contributed by atoms with Crippen molar-refractivity contribution in [1.29, 1.82) is 0 Å². The molecule has 2 aliphatic rings. The van der Waals surface area contributed by atoms with Crippen LogP contribution >= 0.6 is 0 Å². The van der Waals surface area contributed by atoms with Gasteiger partial charge in [0.2, 0.25) is 0 Å². The van der Waals surface area contributed by atoms with E-state index in [4.69, 9.17) is 0 Å². The van der Waals surface area contributed by atoms with E-state index >= 15 is 0 Å². The number of fused-ring (bicyclic) bond motifs is 38. The van der Waals surface area contributed by atoms with Gasteiger partial charge in [-0.05, 0) is 88.9 Å². The molecule has 0 N–H and O–H groups in total. The Morgan fingerprint density at radius 1 is 0.174 bits per heavy atom. The highest BCUT2D eigenvalue weighted by atomic mass is 28.4. The van der Waals surface area contributed by atoms with Crippen LogP contribution in [0.3, 0.4) is 0 Å². The van der Waals surface area contributed by atoms with Gasteiger partial charge in [0.25, 0.3) is 0 Å². The fraction of sp³-hybridized carbons (Fsp3) is 0. The second kappa shape index (κ2) is 12.0. The number of aromatic nitrogens is 4. The molecule has 0 bridgehead atoms. The minimum Gasteiger partial charge on any atom is -0.312 e. The van der Waals surface area contributed by atoms with Crippen LogP contribution in [0.4, 0.5) is 0 Å². The average molecular weight is 889 g/mol. The lowest BCUT2D eigenvalue weighted by Crippen LogP contribution is -2.59. The number of hydrogen-bond acceptors (Lipinski definition) is 0. The van der Waals surface area contributed by atoms with Gasteiger partial charge in [-0.15, -0.1) is 0 Å². The largest absolute Gasteiger partial charge is 0.522 e. The quantitative estimate of drug-likeness (QED) is 0.107. The van der Waals surface area contributed by atoms with E-state index < -0.39 is 8.72 Å². The molecule has 0 saturated carbocycles. The number of hydrogen-bond donors (Lipinski definition) is 0. The number of rotatable bonds is 0. The first-order chi connectivity index (χ1) is 34.3. The van der Waals surface area contributed by atoms with Crippen LogP contribution in [0.2, 0.25) is 0 Å². The second-order valence-electron chi connectivity index (χ2n) is 19.5. The van der Waals surface area contributed by atoms with Crippen molar-refractivity contribution in [3.05, 3.63) is 218 Å². The molecule has 4 aromatic heterocycles. The van der Waals surface area contributed by atoms with E-state index in [-0.39, 0.29) is 0 Å². The monoisotopic (exact) mass is 888 g/mol. The highest BCUT2D eigenvalue weighted by Crippen LogP contribution is 2.57. The van der Waals surface area contributed by atoms with E-state index in [1.165, 1.54) is 153 Å². The minimum atomic E-state index is -3.75. The van der Waals surface area contributed by atoms with Crippen LogP contribution in [-0.2, 0) is 0 Å². The summed E-state index contributed by atoms with van der Waals surface area (Å²) in [5.74, 6) is 0. The normalized spacial score (nSPS) is 13.9. The molecule has 0 unspecified atom stereocenters. The summed E-state index contributed by atoms with van der Waals surface area (Å²) < 4.78 is 11.7. The third kappa shape index (κ3) is 3.87. The predicted molar refractivity (Wildman–Crippen MR) is 293 cm³/mol. The lowest BCUT2D eigenvalue weighted by molar-refractivity contribution is 0.966. The third-order valence-electron chi connectivity index (χ3n) is 16.5. The van der Waals surface area contributed by atoms with Crippen molar-refractivity contribution < 1.29 is 0 Å². The first kappa shape index (κ1) is 35.3. The fourth-order valence-electron chi connectivity index (χ4n) is 14.0. The van der Waals surface area contributed by atoms with Gasteiger partial charge in [0.15, 0.2) is 0 Å². The lowest BCUT2D eigenvalue weighted by Gasteiger charge is -2.33. The van der Waals surface area contributed by atoms with Crippen molar-refractivity contribution in [1.82, 2.24) is 16.9 Å². The van der Waals surface area contributed by atoms with E-state index in [0.29, 0.717) is 0 Å². The molecule has 69 heavy (non-hydrogen) atoms. The van der Waals surface area contributed by atoms with Crippen LogP contribution in [0, 0.1) is 0 Å². The molecule has 0 amide bonds. The van der Waals surface area contributed by atoms with Crippen molar-refractivity contribution in [2.45, 2.75) is 0 Å². The molecule has 16 aromatic rings. The molecular formula is C64H36N4Si. The van der Waals surface area contributed by atoms with Gasteiger partial charge >= 0.3 is 8.72 Å². The van der Waals surface area contributed by atoms with Gasteiger partial charge in [-0.2, -0.15) is 0 Å². The summed E-state index contributed by atoms with van der Waals surface area (Å²) in [6.45, 7) is 0. The molecule has 1 spiro atoms. The Labute approximate surface area is 394 Å². The smallest absolute Gasteiger partial charge is 0.312 e. The van der Waals surface area contributed by atoms with Crippen molar-refractivity contribution in [3.8, 4) is 22.8 Å². The highest BCUT2D eigenvalue weighted by molar-refractivity contribution is 6.82. The van der Waals surface area contributed by atoms with Gasteiger partial charge in [-0.1, -0.05) is 194 Å². The topological polar surface area (TPSA) is 19.7 Å². The Balaban J connectivity index is 1.21. The first-order valence-corrected chi connectivity index (χ1v) is 25.9. The summed E-state index contributed by atoms with van der Waals surface area (Å²) in [6, 6.07) is 83.4. The van der Waals surface area contributed by atoms with Crippen LogP contribution in [0.1, 0.15) is 0 Å². The summed E-state index contributed by atoms with van der Waals surface area (Å²) >= 11 is 0. The maximum absolute atomic E-state index is 3.75. The number of nitrogens with zero attached hydrogens (tertiary/aromatic N) is 4. The van der Waals surface area contributed by atoms with Gasteiger partial charge in [-0.25, -0.2) is 0 Å². The average Bonchev–Trinajstić information content (AvgIpc) is 4.27. The standard InChI is InChI=1S/C64H36N4Si/c1-5-25-45-37(17-1)41-21-9-13-29-49(41)61-53(45)33-57-58-34-54-46-26-6-2-18-38(46)42-22-10-14-30-50(42)62(54)66(58)69(65(57)61)67-59(35-55-47-27-7-3-19-39(47)43-23-11-15-31-51(43)63(55)67)60-36-56-48-28-8-4-20-40(48)44-24-12-16-32-52(44)64(56)68(60)69/h1-36H. The molecule has 316 valence electrons. The van der Waals surface area contributed by atoms with Crippen molar-refractivity contribution in [2.24, 2.45) is 0 Å². The zero-order chi connectivity index (χ0) is 44.4. The van der Waals surface area contributed by atoms with E-state index in [2.05, 4.69) is 235 Å². The summed E-state index contributed by atoms with van der Waals surface area (Å²) in [5, 5.41) is 25.8. The number of benzene rings is 12. The highest BCUT2D eigenvalue weighted by Gasteiger charge is 2.61. The van der Waals surface area contributed by atoms with Gasteiger partial charge < -0.3 is 16.9 Å². The lowest BCUT2D eigenvalue weighted by atomic mass is 9.98. The molecule has 2 aliphatic heterocycles. The molecule has 6 heterocycles. The van der Waals surface area contributed by atoms with Gasteiger partial charge in [0, 0.05) is 43.1 Å². The molecule has 0 radical (unpaired) electrons. The third-order valence-corrected chi connectivity index (χ3v) is 20.7. The van der Waals surface area contributed by atoms with Crippen LogP contribution in [0.15, 0.2) is 218 Å². The molecule has 0 aliphatic carbocycles. The maximum Gasteiger partial charge on any atom is 0.522 e. The Morgan fingerprint density at radius 2 is 0.319 bits per heavy atom. The SMILES string of the molecule is c1ccc2c(c1)c1ccccc1c1c2cc2n1[Si]1(n3c-2cc2c4ccccc4c4ccccc4c23)n2c(cc3c4ccccc4c4ccccc4c32)-c2cc3c4ccccc4c4ccccc4c3n21. The van der Waals surface area contributed by atoms with Crippen LogP contribution < -0.4 is 0 Å². The maximum atomic E-state index is 2.92. The molecule has 0 atom stereocenters. The summed E-state index contributed by atoms with van der Waals surface area (Å²) in [7, 11) is -3.75.